The van der Waals surface area contributed by atoms with Crippen LogP contribution in [0.1, 0.15) is 30.4 Å². The molecule has 1 heterocycles. The maximum atomic E-state index is 3.38. The van der Waals surface area contributed by atoms with Gasteiger partial charge in [-0.3, -0.25) is 0 Å². The quantitative estimate of drug-likeness (QED) is 0.839. The SMILES string of the molecule is CN[C@H]1CCN(c2ccc3c(c2)CCCC3)C1. The molecule has 0 radical (unpaired) electrons. The maximum absolute atomic E-state index is 3.38. The third-order valence-electron chi connectivity index (χ3n) is 4.29. The maximum Gasteiger partial charge on any atom is 0.0369 e. The van der Waals surface area contributed by atoms with Crippen LogP contribution in [0.3, 0.4) is 0 Å². The fourth-order valence-electron chi connectivity index (χ4n) is 3.15. The van der Waals surface area contributed by atoms with Gasteiger partial charge in [0.15, 0.2) is 0 Å². The Bertz CT molecular complexity index is 400. The molecule has 92 valence electrons. The molecule has 3 rings (SSSR count). The summed E-state index contributed by atoms with van der Waals surface area (Å²) in [7, 11) is 2.07. The van der Waals surface area contributed by atoms with Gasteiger partial charge in [0.05, 0.1) is 0 Å². The molecule has 2 nitrogen and oxygen atoms in total. The third-order valence-corrected chi connectivity index (χ3v) is 4.29. The minimum absolute atomic E-state index is 0.672. The number of aryl methyl sites for hydroxylation is 2. The van der Waals surface area contributed by atoms with E-state index in [1.807, 2.05) is 0 Å². The van der Waals surface area contributed by atoms with Crippen LogP contribution >= 0.6 is 0 Å². The van der Waals surface area contributed by atoms with Gasteiger partial charge < -0.3 is 10.2 Å². The van der Waals surface area contributed by atoms with E-state index in [2.05, 4.69) is 35.5 Å². The topological polar surface area (TPSA) is 15.3 Å². The van der Waals surface area contributed by atoms with Gasteiger partial charge in [-0.15, -0.1) is 0 Å². The number of nitrogens with one attached hydrogen (secondary N) is 1. The summed E-state index contributed by atoms with van der Waals surface area (Å²) < 4.78 is 0. The minimum atomic E-state index is 0.672. The molecular formula is C15H22N2. The number of benzene rings is 1. The Hall–Kier alpha value is -1.02. The number of hydrogen-bond acceptors (Lipinski definition) is 2. The molecule has 1 N–H and O–H groups in total. The molecule has 1 aromatic rings. The molecule has 0 unspecified atom stereocenters. The summed E-state index contributed by atoms with van der Waals surface area (Å²) in [4.78, 5) is 2.52. The van der Waals surface area contributed by atoms with E-state index in [9.17, 15) is 0 Å². The highest BCUT2D eigenvalue weighted by molar-refractivity contribution is 5.52. The number of hydrogen-bond donors (Lipinski definition) is 1. The van der Waals surface area contributed by atoms with E-state index in [0.29, 0.717) is 6.04 Å². The molecule has 1 fully saturated rings. The summed E-state index contributed by atoms with van der Waals surface area (Å²) in [6, 6.07) is 7.79. The lowest BCUT2D eigenvalue weighted by molar-refractivity contribution is 0.617. The van der Waals surface area contributed by atoms with Crippen LogP contribution in [0.4, 0.5) is 5.69 Å². The lowest BCUT2D eigenvalue weighted by atomic mass is 9.91. The molecule has 0 bridgehead atoms. The van der Waals surface area contributed by atoms with Crippen molar-refractivity contribution in [2.24, 2.45) is 0 Å². The van der Waals surface area contributed by atoms with E-state index >= 15 is 0 Å². The standard InChI is InChI=1S/C15H22N2/c1-16-14-8-9-17(11-14)15-7-6-12-4-2-3-5-13(12)10-15/h6-7,10,14,16H,2-5,8-9,11H2,1H3/t14-/m0/s1. The van der Waals surface area contributed by atoms with Crippen molar-refractivity contribution in [3.8, 4) is 0 Å². The minimum Gasteiger partial charge on any atom is -0.370 e. The average Bonchev–Trinajstić information content (AvgIpc) is 2.87. The first-order valence-electron chi connectivity index (χ1n) is 6.91. The molecule has 2 heteroatoms. The van der Waals surface area contributed by atoms with E-state index < -0.39 is 0 Å². The summed E-state index contributed by atoms with van der Waals surface area (Å²) in [5, 5.41) is 3.38. The number of anilines is 1. The molecule has 2 aliphatic rings. The molecule has 1 aliphatic carbocycles. The molecular weight excluding hydrogens is 208 g/mol. The highest BCUT2D eigenvalue weighted by Crippen LogP contribution is 2.27. The van der Waals surface area contributed by atoms with Crippen LogP contribution in [0.5, 0.6) is 0 Å². The van der Waals surface area contributed by atoms with Crippen molar-refractivity contribution in [3.63, 3.8) is 0 Å². The lowest BCUT2D eigenvalue weighted by Gasteiger charge is -2.22. The van der Waals surface area contributed by atoms with E-state index in [1.165, 1.54) is 44.3 Å². The van der Waals surface area contributed by atoms with Crippen LogP contribution in [-0.2, 0) is 12.8 Å². The second-order valence-corrected chi connectivity index (χ2v) is 5.38. The largest absolute Gasteiger partial charge is 0.370 e. The Morgan fingerprint density at radius 1 is 1.18 bits per heavy atom. The van der Waals surface area contributed by atoms with Gasteiger partial charge in [-0.2, -0.15) is 0 Å². The van der Waals surface area contributed by atoms with Crippen molar-refractivity contribution in [2.45, 2.75) is 38.1 Å². The molecule has 0 saturated carbocycles. The van der Waals surface area contributed by atoms with Crippen LogP contribution in [0.2, 0.25) is 0 Å². The van der Waals surface area contributed by atoms with Gasteiger partial charge in [0.1, 0.15) is 0 Å². The molecule has 0 amide bonds. The van der Waals surface area contributed by atoms with Gasteiger partial charge in [0.25, 0.3) is 0 Å². The highest BCUT2D eigenvalue weighted by Gasteiger charge is 2.21. The smallest absolute Gasteiger partial charge is 0.0369 e. The van der Waals surface area contributed by atoms with Gasteiger partial charge in [0, 0.05) is 24.8 Å². The second-order valence-electron chi connectivity index (χ2n) is 5.38. The zero-order chi connectivity index (χ0) is 11.7. The zero-order valence-corrected chi connectivity index (χ0v) is 10.7. The van der Waals surface area contributed by atoms with Crippen LogP contribution in [0, 0.1) is 0 Å². The van der Waals surface area contributed by atoms with E-state index in [1.54, 1.807) is 11.1 Å². The van der Waals surface area contributed by atoms with Gasteiger partial charge >= 0.3 is 0 Å². The van der Waals surface area contributed by atoms with Crippen molar-refractivity contribution >= 4 is 5.69 Å². The van der Waals surface area contributed by atoms with Crippen molar-refractivity contribution in [1.82, 2.24) is 5.32 Å². The fourth-order valence-corrected chi connectivity index (χ4v) is 3.15. The van der Waals surface area contributed by atoms with Crippen LogP contribution in [0.25, 0.3) is 0 Å². The second kappa shape index (κ2) is 4.69. The first-order valence-corrected chi connectivity index (χ1v) is 6.91. The Balaban J connectivity index is 1.79. The number of nitrogens with zero attached hydrogens (tertiary/aromatic N) is 1. The molecule has 17 heavy (non-hydrogen) atoms. The van der Waals surface area contributed by atoms with Gasteiger partial charge in [-0.05, 0) is 62.4 Å². The predicted molar refractivity (Wildman–Crippen MR) is 72.8 cm³/mol. The van der Waals surface area contributed by atoms with Gasteiger partial charge in [-0.1, -0.05) is 6.07 Å². The fraction of sp³-hybridized carbons (Fsp3) is 0.600. The molecule has 1 atom stereocenters. The van der Waals surface area contributed by atoms with Crippen LogP contribution in [0.15, 0.2) is 18.2 Å². The summed E-state index contributed by atoms with van der Waals surface area (Å²) in [6.45, 7) is 2.36. The normalized spacial score (nSPS) is 23.8. The zero-order valence-electron chi connectivity index (χ0n) is 10.7. The van der Waals surface area contributed by atoms with E-state index in [0.717, 1.165) is 6.54 Å². The van der Waals surface area contributed by atoms with Crippen molar-refractivity contribution in [3.05, 3.63) is 29.3 Å². The van der Waals surface area contributed by atoms with Crippen LogP contribution < -0.4 is 10.2 Å². The van der Waals surface area contributed by atoms with Crippen molar-refractivity contribution < 1.29 is 0 Å². The summed E-state index contributed by atoms with van der Waals surface area (Å²) in [5.41, 5.74) is 4.62. The van der Waals surface area contributed by atoms with Crippen LogP contribution in [-0.4, -0.2) is 26.2 Å². The number of likely N-dealkylation sites (N-methyl/N-ethyl adjacent to an activating group) is 1. The molecule has 0 spiro atoms. The van der Waals surface area contributed by atoms with Crippen molar-refractivity contribution in [1.29, 1.82) is 0 Å². The molecule has 0 aromatic heterocycles. The number of rotatable bonds is 2. The Kier molecular flexibility index (Phi) is 3.06. The first-order chi connectivity index (χ1) is 8.36. The molecule has 1 saturated heterocycles. The third kappa shape index (κ3) is 2.19. The first kappa shape index (κ1) is 11.1. The molecule has 1 aromatic carbocycles. The highest BCUT2D eigenvalue weighted by atomic mass is 15.2. The van der Waals surface area contributed by atoms with Gasteiger partial charge in [0.2, 0.25) is 0 Å². The predicted octanol–water partition coefficient (Wildman–Crippen LogP) is 2.36. The summed E-state index contributed by atoms with van der Waals surface area (Å²) >= 11 is 0. The van der Waals surface area contributed by atoms with E-state index in [4.69, 9.17) is 0 Å². The molecule has 1 aliphatic heterocycles. The summed E-state index contributed by atoms with van der Waals surface area (Å²) in [6.07, 6.45) is 6.59. The average molecular weight is 230 g/mol. The Labute approximate surface area is 104 Å². The van der Waals surface area contributed by atoms with E-state index in [-0.39, 0.29) is 0 Å². The Morgan fingerprint density at radius 2 is 2.00 bits per heavy atom. The van der Waals surface area contributed by atoms with Crippen molar-refractivity contribution in [2.75, 3.05) is 25.0 Å². The lowest BCUT2D eigenvalue weighted by Crippen LogP contribution is -2.29. The van der Waals surface area contributed by atoms with Gasteiger partial charge in [-0.25, -0.2) is 0 Å². The summed E-state index contributed by atoms with van der Waals surface area (Å²) in [5.74, 6) is 0. The number of fused-ring (bicyclic) bond motifs is 1. The Morgan fingerprint density at radius 3 is 2.76 bits per heavy atom. The monoisotopic (exact) mass is 230 g/mol.